The lowest BCUT2D eigenvalue weighted by molar-refractivity contribution is -0.130. The molecule has 24 heavy (non-hydrogen) atoms. The standard InChI is InChI=1S/C19H23NO4/c1-12-7-3-5-9-15(12)20-18(21)13(2)23-19(22)17-11-14-8-4-6-10-16(14)24-17/h4,6,8,10-13,15H,3,5,7,9H2,1-2H3,(H,20,21)/t12-,13-,15+/m1/s1. The van der Waals surface area contributed by atoms with Gasteiger partial charge in [0, 0.05) is 11.4 Å². The summed E-state index contributed by atoms with van der Waals surface area (Å²) in [5, 5.41) is 3.84. The fourth-order valence-electron chi connectivity index (χ4n) is 3.19. The van der Waals surface area contributed by atoms with Gasteiger partial charge in [-0.25, -0.2) is 4.79 Å². The summed E-state index contributed by atoms with van der Waals surface area (Å²) in [6.45, 7) is 3.73. The number of ether oxygens (including phenoxy) is 1. The van der Waals surface area contributed by atoms with E-state index in [-0.39, 0.29) is 17.7 Å². The second-order valence-corrected chi connectivity index (χ2v) is 6.57. The van der Waals surface area contributed by atoms with Crippen LogP contribution in [0.15, 0.2) is 34.7 Å². The van der Waals surface area contributed by atoms with E-state index in [0.717, 1.165) is 24.6 Å². The molecule has 1 aromatic heterocycles. The zero-order chi connectivity index (χ0) is 17.1. The van der Waals surface area contributed by atoms with E-state index in [0.29, 0.717) is 11.5 Å². The first-order valence-corrected chi connectivity index (χ1v) is 8.54. The Kier molecular flexibility index (Phi) is 4.88. The van der Waals surface area contributed by atoms with Gasteiger partial charge in [-0.1, -0.05) is 38.0 Å². The van der Waals surface area contributed by atoms with Gasteiger partial charge < -0.3 is 14.5 Å². The SMILES string of the molecule is C[C@@H]1CCCC[C@@H]1NC(=O)[C@@H](C)OC(=O)c1cc2ccccc2o1. The molecule has 0 bridgehead atoms. The first-order valence-electron chi connectivity index (χ1n) is 8.54. The minimum atomic E-state index is -0.847. The monoisotopic (exact) mass is 329 g/mol. The van der Waals surface area contributed by atoms with E-state index in [1.54, 1.807) is 19.1 Å². The molecule has 1 heterocycles. The Labute approximate surface area is 141 Å². The Morgan fingerprint density at radius 2 is 2.00 bits per heavy atom. The van der Waals surface area contributed by atoms with Gasteiger partial charge in [-0.05, 0) is 37.8 Å². The van der Waals surface area contributed by atoms with Crippen molar-refractivity contribution in [2.45, 2.75) is 51.7 Å². The maximum absolute atomic E-state index is 12.3. The molecule has 1 saturated carbocycles. The van der Waals surface area contributed by atoms with E-state index >= 15 is 0 Å². The summed E-state index contributed by atoms with van der Waals surface area (Å²) in [5.74, 6) is -0.299. The van der Waals surface area contributed by atoms with Crippen molar-refractivity contribution in [3.63, 3.8) is 0 Å². The molecule has 3 atom stereocenters. The minimum absolute atomic E-state index is 0.113. The molecule has 0 unspecified atom stereocenters. The van der Waals surface area contributed by atoms with Gasteiger partial charge in [0.2, 0.25) is 5.76 Å². The van der Waals surface area contributed by atoms with Crippen molar-refractivity contribution in [1.82, 2.24) is 5.32 Å². The van der Waals surface area contributed by atoms with Gasteiger partial charge in [0.25, 0.3) is 5.91 Å². The first-order chi connectivity index (χ1) is 11.5. The fourth-order valence-corrected chi connectivity index (χ4v) is 3.19. The van der Waals surface area contributed by atoms with E-state index in [1.165, 1.54) is 6.42 Å². The van der Waals surface area contributed by atoms with Crippen molar-refractivity contribution in [2.75, 3.05) is 0 Å². The summed E-state index contributed by atoms with van der Waals surface area (Å²) in [7, 11) is 0. The second-order valence-electron chi connectivity index (χ2n) is 6.57. The smallest absolute Gasteiger partial charge is 0.375 e. The summed E-state index contributed by atoms with van der Waals surface area (Å²) in [6.07, 6.45) is 3.60. The maximum atomic E-state index is 12.3. The zero-order valence-corrected chi connectivity index (χ0v) is 14.1. The number of carbonyl (C=O) groups is 2. The molecule has 1 aliphatic carbocycles. The van der Waals surface area contributed by atoms with Crippen LogP contribution in [0.1, 0.15) is 50.1 Å². The van der Waals surface area contributed by atoms with Crippen molar-refractivity contribution in [3.8, 4) is 0 Å². The third kappa shape index (κ3) is 3.61. The predicted molar refractivity (Wildman–Crippen MR) is 90.7 cm³/mol. The lowest BCUT2D eigenvalue weighted by Crippen LogP contribution is -2.45. The third-order valence-electron chi connectivity index (χ3n) is 4.72. The maximum Gasteiger partial charge on any atom is 0.375 e. The van der Waals surface area contributed by atoms with Crippen LogP contribution in [-0.4, -0.2) is 24.0 Å². The van der Waals surface area contributed by atoms with Crippen LogP contribution in [0.5, 0.6) is 0 Å². The third-order valence-corrected chi connectivity index (χ3v) is 4.72. The summed E-state index contributed by atoms with van der Waals surface area (Å²) >= 11 is 0. The summed E-state index contributed by atoms with van der Waals surface area (Å²) in [5.41, 5.74) is 0.623. The van der Waals surface area contributed by atoms with E-state index in [1.807, 2.05) is 18.2 Å². The number of furan rings is 1. The molecule has 1 N–H and O–H groups in total. The van der Waals surface area contributed by atoms with Crippen LogP contribution in [0.2, 0.25) is 0 Å². The summed E-state index contributed by atoms with van der Waals surface area (Å²) in [4.78, 5) is 24.5. The van der Waals surface area contributed by atoms with Crippen LogP contribution in [0.25, 0.3) is 11.0 Å². The Hall–Kier alpha value is -2.30. The Balaban J connectivity index is 1.59. The van der Waals surface area contributed by atoms with E-state index in [9.17, 15) is 9.59 Å². The van der Waals surface area contributed by atoms with Crippen LogP contribution in [0.4, 0.5) is 0 Å². The predicted octanol–water partition coefficient (Wildman–Crippen LogP) is 3.67. The molecule has 1 amide bonds. The number of nitrogens with one attached hydrogen (secondary N) is 1. The van der Waals surface area contributed by atoms with E-state index in [2.05, 4.69) is 12.2 Å². The average Bonchev–Trinajstić information content (AvgIpc) is 3.01. The number of amides is 1. The van der Waals surface area contributed by atoms with Crippen molar-refractivity contribution in [3.05, 3.63) is 36.1 Å². The normalized spacial score (nSPS) is 22.1. The van der Waals surface area contributed by atoms with Crippen LogP contribution < -0.4 is 5.32 Å². The average molecular weight is 329 g/mol. The van der Waals surface area contributed by atoms with Gasteiger partial charge in [0.05, 0.1) is 0 Å². The van der Waals surface area contributed by atoms with Crippen molar-refractivity contribution in [1.29, 1.82) is 0 Å². The molecule has 2 aromatic rings. The van der Waals surface area contributed by atoms with Gasteiger partial charge in [-0.15, -0.1) is 0 Å². The lowest BCUT2D eigenvalue weighted by Gasteiger charge is -2.30. The molecule has 128 valence electrons. The number of fused-ring (bicyclic) bond motifs is 1. The van der Waals surface area contributed by atoms with Gasteiger partial charge in [-0.3, -0.25) is 4.79 Å². The zero-order valence-electron chi connectivity index (χ0n) is 14.1. The quantitative estimate of drug-likeness (QED) is 0.869. The van der Waals surface area contributed by atoms with Gasteiger partial charge >= 0.3 is 5.97 Å². The molecule has 0 saturated heterocycles. The van der Waals surface area contributed by atoms with Gasteiger partial charge in [0.1, 0.15) is 5.58 Å². The Morgan fingerprint density at radius 3 is 2.75 bits per heavy atom. The van der Waals surface area contributed by atoms with Crippen LogP contribution in [0, 0.1) is 5.92 Å². The number of esters is 1. The second kappa shape index (κ2) is 7.07. The molecular weight excluding hydrogens is 306 g/mol. The molecule has 0 radical (unpaired) electrons. The van der Waals surface area contributed by atoms with E-state index in [4.69, 9.17) is 9.15 Å². The topological polar surface area (TPSA) is 68.5 Å². The van der Waals surface area contributed by atoms with Gasteiger partial charge in [-0.2, -0.15) is 0 Å². The molecule has 1 fully saturated rings. The molecule has 1 aliphatic rings. The number of hydrogen-bond acceptors (Lipinski definition) is 4. The Bertz CT molecular complexity index is 703. The number of hydrogen-bond donors (Lipinski definition) is 1. The van der Waals surface area contributed by atoms with Crippen LogP contribution >= 0.6 is 0 Å². The first kappa shape index (κ1) is 16.6. The molecule has 0 aliphatic heterocycles. The highest BCUT2D eigenvalue weighted by molar-refractivity contribution is 5.94. The number of carbonyl (C=O) groups excluding carboxylic acids is 2. The minimum Gasteiger partial charge on any atom is -0.449 e. The lowest BCUT2D eigenvalue weighted by atomic mass is 9.86. The van der Waals surface area contributed by atoms with Crippen molar-refractivity contribution in [2.24, 2.45) is 5.92 Å². The fraction of sp³-hybridized carbons (Fsp3) is 0.474. The largest absolute Gasteiger partial charge is 0.449 e. The van der Waals surface area contributed by atoms with Crippen LogP contribution in [-0.2, 0) is 9.53 Å². The van der Waals surface area contributed by atoms with Crippen molar-refractivity contribution < 1.29 is 18.7 Å². The van der Waals surface area contributed by atoms with Crippen LogP contribution in [0.3, 0.4) is 0 Å². The van der Waals surface area contributed by atoms with E-state index < -0.39 is 12.1 Å². The molecule has 3 rings (SSSR count). The highest BCUT2D eigenvalue weighted by atomic mass is 16.6. The van der Waals surface area contributed by atoms with Gasteiger partial charge in [0.15, 0.2) is 6.10 Å². The Morgan fingerprint density at radius 1 is 1.25 bits per heavy atom. The highest BCUT2D eigenvalue weighted by Gasteiger charge is 2.27. The molecule has 5 nitrogen and oxygen atoms in total. The molecule has 5 heteroatoms. The molecule has 0 spiro atoms. The molecule has 1 aromatic carbocycles. The summed E-state index contributed by atoms with van der Waals surface area (Å²) in [6, 6.07) is 9.14. The highest BCUT2D eigenvalue weighted by Crippen LogP contribution is 2.24. The number of para-hydroxylation sites is 1. The number of benzene rings is 1. The molecular formula is C19H23NO4. The summed E-state index contributed by atoms with van der Waals surface area (Å²) < 4.78 is 10.7. The van der Waals surface area contributed by atoms with Crippen molar-refractivity contribution >= 4 is 22.8 Å². The number of rotatable bonds is 4.